The van der Waals surface area contributed by atoms with Gasteiger partial charge in [0.1, 0.15) is 0 Å². The standard InChI is InChI=1S/C30H39F3O/c1-3-5-6-7-8-9-10-11-23-16-19-26-25-18-17-24(22-14-12-21(4-2)13-15-22)20-27(25)30(32,33)34-29(26)28(23)31/h16-22H,3-15H2,1-2H3. The summed E-state index contributed by atoms with van der Waals surface area (Å²) in [5.41, 5.74) is 2.11. The minimum absolute atomic E-state index is 0.130. The van der Waals surface area contributed by atoms with Crippen molar-refractivity contribution in [3.63, 3.8) is 0 Å². The third-order valence-electron chi connectivity index (χ3n) is 8.00. The molecule has 1 heterocycles. The maximum atomic E-state index is 15.2. The fourth-order valence-electron chi connectivity index (χ4n) is 5.75. The maximum absolute atomic E-state index is 15.2. The molecular weight excluding hydrogens is 433 g/mol. The molecule has 186 valence electrons. The van der Waals surface area contributed by atoms with Crippen LogP contribution in [0.1, 0.15) is 114 Å². The van der Waals surface area contributed by atoms with Gasteiger partial charge in [0.05, 0.1) is 5.56 Å². The Morgan fingerprint density at radius 3 is 2.24 bits per heavy atom. The van der Waals surface area contributed by atoms with Crippen LogP contribution in [0.4, 0.5) is 13.2 Å². The minimum atomic E-state index is -3.53. The number of hydrogen-bond acceptors (Lipinski definition) is 1. The molecule has 0 unspecified atom stereocenters. The summed E-state index contributed by atoms with van der Waals surface area (Å²) in [5, 5.41) is 0. The second-order valence-corrected chi connectivity index (χ2v) is 10.3. The topological polar surface area (TPSA) is 9.23 Å². The fraction of sp³-hybridized carbons (Fsp3) is 0.600. The lowest BCUT2D eigenvalue weighted by Crippen LogP contribution is -2.28. The van der Waals surface area contributed by atoms with E-state index in [1.165, 1.54) is 32.1 Å². The predicted molar refractivity (Wildman–Crippen MR) is 133 cm³/mol. The number of hydrogen-bond donors (Lipinski definition) is 0. The van der Waals surface area contributed by atoms with E-state index in [4.69, 9.17) is 4.74 Å². The van der Waals surface area contributed by atoms with E-state index in [2.05, 4.69) is 13.8 Å². The lowest BCUT2D eigenvalue weighted by Gasteiger charge is -2.32. The molecule has 4 heteroatoms. The molecule has 1 saturated carbocycles. The van der Waals surface area contributed by atoms with Gasteiger partial charge in [-0.3, -0.25) is 0 Å². The van der Waals surface area contributed by atoms with Gasteiger partial charge in [-0.1, -0.05) is 83.1 Å². The van der Waals surface area contributed by atoms with Crippen molar-refractivity contribution in [2.45, 2.75) is 109 Å². The van der Waals surface area contributed by atoms with Gasteiger partial charge >= 0.3 is 6.11 Å². The van der Waals surface area contributed by atoms with Crippen molar-refractivity contribution >= 4 is 0 Å². The maximum Gasteiger partial charge on any atom is 0.427 e. The molecule has 0 aromatic heterocycles. The number of ether oxygens (including phenoxy) is 1. The third kappa shape index (κ3) is 5.47. The van der Waals surface area contributed by atoms with Crippen molar-refractivity contribution in [1.29, 1.82) is 0 Å². The number of fused-ring (bicyclic) bond motifs is 3. The zero-order valence-corrected chi connectivity index (χ0v) is 20.8. The first-order valence-electron chi connectivity index (χ1n) is 13.5. The SMILES string of the molecule is CCCCCCCCCc1ccc2c(c1F)OC(F)(F)c1cc(C3CCC(CC)CC3)ccc1-2. The predicted octanol–water partition coefficient (Wildman–Crippen LogP) is 9.91. The van der Waals surface area contributed by atoms with E-state index in [0.717, 1.165) is 56.4 Å². The van der Waals surface area contributed by atoms with Gasteiger partial charge in [0, 0.05) is 5.56 Å². The Balaban J connectivity index is 1.49. The first kappa shape index (κ1) is 25.1. The van der Waals surface area contributed by atoms with E-state index in [0.29, 0.717) is 29.0 Å². The summed E-state index contributed by atoms with van der Waals surface area (Å²) in [6.45, 7) is 4.42. The molecule has 0 atom stereocenters. The average molecular weight is 473 g/mol. The van der Waals surface area contributed by atoms with Crippen molar-refractivity contribution < 1.29 is 17.9 Å². The van der Waals surface area contributed by atoms with Gasteiger partial charge in [0.15, 0.2) is 11.6 Å². The molecule has 4 rings (SSSR count). The smallest absolute Gasteiger partial charge is 0.425 e. The quantitative estimate of drug-likeness (QED) is 0.313. The van der Waals surface area contributed by atoms with Gasteiger partial charge in [0.2, 0.25) is 0 Å². The van der Waals surface area contributed by atoms with Crippen molar-refractivity contribution in [3.8, 4) is 16.9 Å². The molecule has 1 aliphatic heterocycles. The largest absolute Gasteiger partial charge is 0.427 e. The highest BCUT2D eigenvalue weighted by atomic mass is 19.3. The Bertz CT molecular complexity index is 960. The highest BCUT2D eigenvalue weighted by molar-refractivity contribution is 5.77. The molecule has 1 fully saturated rings. The lowest BCUT2D eigenvalue weighted by atomic mass is 9.77. The Hall–Kier alpha value is -1.97. The molecule has 1 nitrogen and oxygen atoms in total. The number of aryl methyl sites for hydroxylation is 1. The van der Waals surface area contributed by atoms with E-state index in [9.17, 15) is 0 Å². The zero-order valence-electron chi connectivity index (χ0n) is 20.8. The van der Waals surface area contributed by atoms with Crippen LogP contribution >= 0.6 is 0 Å². The van der Waals surface area contributed by atoms with Gasteiger partial charge < -0.3 is 4.74 Å². The monoisotopic (exact) mass is 472 g/mol. The number of unbranched alkanes of at least 4 members (excludes halogenated alkanes) is 6. The summed E-state index contributed by atoms with van der Waals surface area (Å²) in [5.74, 6) is 0.139. The van der Waals surface area contributed by atoms with Crippen molar-refractivity contribution in [3.05, 3.63) is 52.8 Å². The Morgan fingerprint density at radius 1 is 0.853 bits per heavy atom. The average Bonchev–Trinajstić information content (AvgIpc) is 2.85. The summed E-state index contributed by atoms with van der Waals surface area (Å²) in [6.07, 6.45) is 10.5. The second kappa shape index (κ2) is 11.2. The molecule has 0 amide bonds. The van der Waals surface area contributed by atoms with Crippen LogP contribution in [0.15, 0.2) is 30.3 Å². The van der Waals surface area contributed by atoms with Crippen molar-refractivity contribution in [2.75, 3.05) is 0 Å². The van der Waals surface area contributed by atoms with Gasteiger partial charge in [-0.2, -0.15) is 8.78 Å². The molecule has 34 heavy (non-hydrogen) atoms. The minimum Gasteiger partial charge on any atom is -0.425 e. The summed E-state index contributed by atoms with van der Waals surface area (Å²) < 4.78 is 50.5. The van der Waals surface area contributed by atoms with Crippen LogP contribution in [0.5, 0.6) is 5.75 Å². The fourth-order valence-corrected chi connectivity index (χ4v) is 5.75. The summed E-state index contributed by atoms with van der Waals surface area (Å²) >= 11 is 0. The number of alkyl halides is 2. The van der Waals surface area contributed by atoms with Gasteiger partial charge in [-0.25, -0.2) is 4.39 Å². The van der Waals surface area contributed by atoms with Crippen LogP contribution < -0.4 is 4.74 Å². The van der Waals surface area contributed by atoms with Crippen LogP contribution in [0.25, 0.3) is 11.1 Å². The van der Waals surface area contributed by atoms with Crippen molar-refractivity contribution in [1.82, 2.24) is 0 Å². The van der Waals surface area contributed by atoms with Crippen LogP contribution in [0.2, 0.25) is 0 Å². The van der Waals surface area contributed by atoms with Crippen LogP contribution in [0.3, 0.4) is 0 Å². The van der Waals surface area contributed by atoms with E-state index >= 15 is 13.2 Å². The number of halogens is 3. The van der Waals surface area contributed by atoms with E-state index in [1.54, 1.807) is 24.3 Å². The summed E-state index contributed by atoms with van der Waals surface area (Å²) in [4.78, 5) is 0. The normalized spacial score (nSPS) is 21.0. The molecule has 0 bridgehead atoms. The highest BCUT2D eigenvalue weighted by Gasteiger charge is 2.44. The Labute approximate surface area is 203 Å². The Kier molecular flexibility index (Phi) is 8.26. The van der Waals surface area contributed by atoms with Crippen LogP contribution in [-0.4, -0.2) is 0 Å². The highest BCUT2D eigenvalue weighted by Crippen LogP contribution is 2.50. The molecule has 0 spiro atoms. The summed E-state index contributed by atoms with van der Waals surface area (Å²) in [7, 11) is 0. The number of rotatable bonds is 10. The molecule has 0 radical (unpaired) electrons. The van der Waals surface area contributed by atoms with E-state index < -0.39 is 11.9 Å². The first-order valence-corrected chi connectivity index (χ1v) is 13.5. The molecule has 2 aliphatic rings. The van der Waals surface area contributed by atoms with E-state index in [1.807, 2.05) is 6.07 Å². The molecular formula is C30H39F3O. The van der Waals surface area contributed by atoms with Crippen LogP contribution in [0, 0.1) is 11.7 Å². The van der Waals surface area contributed by atoms with Gasteiger partial charge in [0.25, 0.3) is 0 Å². The molecule has 0 N–H and O–H groups in total. The molecule has 2 aromatic rings. The molecule has 2 aromatic carbocycles. The zero-order chi connectivity index (χ0) is 24.1. The Morgan fingerprint density at radius 2 is 1.53 bits per heavy atom. The molecule has 1 aliphatic carbocycles. The third-order valence-corrected chi connectivity index (χ3v) is 8.00. The second-order valence-electron chi connectivity index (χ2n) is 10.3. The first-order chi connectivity index (χ1) is 16.4. The van der Waals surface area contributed by atoms with Crippen LogP contribution in [-0.2, 0) is 12.5 Å². The van der Waals surface area contributed by atoms with Crippen molar-refractivity contribution in [2.24, 2.45) is 5.92 Å². The molecule has 0 saturated heterocycles. The van der Waals surface area contributed by atoms with Gasteiger partial charge in [-0.15, -0.1) is 0 Å². The lowest BCUT2D eigenvalue weighted by molar-refractivity contribution is -0.188. The summed E-state index contributed by atoms with van der Waals surface area (Å²) in [6, 6.07) is 8.84. The van der Waals surface area contributed by atoms with E-state index in [-0.39, 0.29) is 11.3 Å². The van der Waals surface area contributed by atoms with Gasteiger partial charge in [-0.05, 0) is 73.1 Å². The number of benzene rings is 2.